The molecule has 0 radical (unpaired) electrons. The fourth-order valence-corrected chi connectivity index (χ4v) is 4.55. The maximum atomic E-state index is 13.6. The van der Waals surface area contributed by atoms with E-state index in [2.05, 4.69) is 15.3 Å². The Morgan fingerprint density at radius 3 is 2.62 bits per heavy atom. The lowest BCUT2D eigenvalue weighted by atomic mass is 10.1. The topological polar surface area (TPSA) is 105 Å². The van der Waals surface area contributed by atoms with Crippen molar-refractivity contribution in [1.29, 1.82) is 0 Å². The Labute approximate surface area is 219 Å². The highest BCUT2D eigenvalue weighted by atomic mass is 35.5. The number of nitrogens with two attached hydrogens (primary N) is 2. The molecule has 0 atom stereocenters. The first-order chi connectivity index (χ1) is 17.6. The third kappa shape index (κ3) is 6.27. The summed E-state index contributed by atoms with van der Waals surface area (Å²) in [5.74, 6) is 5.73. The third-order valence-electron chi connectivity index (χ3n) is 6.44. The zero-order chi connectivity index (χ0) is 26.7. The standard InChI is InChI=1S/C26H30ClF2N7O/c1-16-21(13-32-34(16)2)23(30)15-36(31)24-12-18(5-6-22(24)27)26(37)33-20-10-17(9-19(11-20)25(28)29)14-35-7-3-4-8-35/h5-6,9-13,15,25H,3-4,7-8,14,30-31H2,1-2H3,(H,33,37)/b23-15-. The number of hydrogen-bond acceptors (Lipinski definition) is 6. The lowest BCUT2D eigenvalue weighted by Gasteiger charge is -2.18. The molecule has 8 nitrogen and oxygen atoms in total. The molecule has 37 heavy (non-hydrogen) atoms. The summed E-state index contributed by atoms with van der Waals surface area (Å²) in [5, 5.41) is 8.44. The van der Waals surface area contributed by atoms with E-state index in [0.29, 0.717) is 34.2 Å². The molecular formula is C26H30ClF2N7O. The molecule has 0 aliphatic carbocycles. The predicted octanol–water partition coefficient (Wildman–Crippen LogP) is 4.81. The largest absolute Gasteiger partial charge is 0.397 e. The molecule has 0 spiro atoms. The Morgan fingerprint density at radius 1 is 1.24 bits per heavy atom. The number of likely N-dealkylation sites (tertiary alicyclic amines) is 1. The smallest absolute Gasteiger partial charge is 0.263 e. The van der Waals surface area contributed by atoms with Gasteiger partial charge in [-0.25, -0.2) is 14.6 Å². The van der Waals surface area contributed by atoms with E-state index in [1.54, 1.807) is 30.1 Å². The van der Waals surface area contributed by atoms with Crippen molar-refractivity contribution >= 4 is 34.6 Å². The Kier molecular flexibility index (Phi) is 8.11. The number of hydrazine groups is 1. The molecule has 11 heteroatoms. The SMILES string of the molecule is Cc1c(/C(N)=C/N(N)c2cc(C(=O)Nc3cc(CN4CCCC4)cc(C(F)F)c3)ccc2Cl)cnn1C. The highest BCUT2D eigenvalue weighted by molar-refractivity contribution is 6.33. The van der Waals surface area contributed by atoms with Gasteiger partial charge in [-0.2, -0.15) is 5.10 Å². The van der Waals surface area contributed by atoms with E-state index >= 15 is 0 Å². The van der Waals surface area contributed by atoms with Gasteiger partial charge in [0.15, 0.2) is 0 Å². The molecule has 1 aliphatic heterocycles. The Morgan fingerprint density at radius 2 is 1.97 bits per heavy atom. The molecule has 196 valence electrons. The highest BCUT2D eigenvalue weighted by Crippen LogP contribution is 2.29. The molecule has 4 rings (SSSR count). The van der Waals surface area contributed by atoms with Gasteiger partial charge in [-0.15, -0.1) is 0 Å². The van der Waals surface area contributed by atoms with Crippen LogP contribution in [0.3, 0.4) is 0 Å². The summed E-state index contributed by atoms with van der Waals surface area (Å²) in [6.45, 7) is 4.30. The molecule has 1 aromatic heterocycles. The molecule has 1 fully saturated rings. The molecule has 2 aromatic carbocycles. The van der Waals surface area contributed by atoms with E-state index < -0.39 is 12.3 Å². The molecule has 1 amide bonds. The Bertz CT molecular complexity index is 1320. The second kappa shape index (κ2) is 11.3. The fraction of sp³-hybridized carbons (Fsp3) is 0.308. The fourth-order valence-electron chi connectivity index (χ4n) is 4.33. The normalized spacial score (nSPS) is 14.4. The van der Waals surface area contributed by atoms with E-state index in [0.717, 1.165) is 37.2 Å². The number of aromatic nitrogens is 2. The molecule has 0 bridgehead atoms. The first kappa shape index (κ1) is 26.6. The van der Waals surface area contributed by atoms with Crippen molar-refractivity contribution in [3.63, 3.8) is 0 Å². The van der Waals surface area contributed by atoms with Gasteiger partial charge in [-0.3, -0.25) is 19.4 Å². The van der Waals surface area contributed by atoms with Crippen molar-refractivity contribution in [3.8, 4) is 0 Å². The monoisotopic (exact) mass is 529 g/mol. The molecular weight excluding hydrogens is 500 g/mol. The number of anilines is 2. The van der Waals surface area contributed by atoms with Crippen LogP contribution in [0.1, 0.15) is 52.0 Å². The Balaban J connectivity index is 1.55. The number of nitrogens with one attached hydrogen (secondary N) is 1. The lowest BCUT2D eigenvalue weighted by Crippen LogP contribution is -2.26. The average Bonchev–Trinajstić information content (AvgIpc) is 3.48. The van der Waals surface area contributed by atoms with Gasteiger partial charge < -0.3 is 11.1 Å². The van der Waals surface area contributed by atoms with Crippen LogP contribution in [0, 0.1) is 6.92 Å². The van der Waals surface area contributed by atoms with Crippen molar-refractivity contribution in [2.24, 2.45) is 18.6 Å². The van der Waals surface area contributed by atoms with Gasteiger partial charge in [0.25, 0.3) is 12.3 Å². The molecule has 3 aromatic rings. The Hall–Kier alpha value is -3.47. The molecule has 0 unspecified atom stereocenters. The van der Waals surface area contributed by atoms with Crippen molar-refractivity contribution in [2.75, 3.05) is 23.4 Å². The quantitative estimate of drug-likeness (QED) is 0.286. The van der Waals surface area contributed by atoms with Crippen LogP contribution in [0.15, 0.2) is 48.8 Å². The van der Waals surface area contributed by atoms with E-state index in [-0.39, 0.29) is 11.1 Å². The average molecular weight is 530 g/mol. The first-order valence-corrected chi connectivity index (χ1v) is 12.3. The number of halogens is 3. The van der Waals surface area contributed by atoms with Crippen LogP contribution in [0.4, 0.5) is 20.2 Å². The first-order valence-electron chi connectivity index (χ1n) is 11.9. The van der Waals surface area contributed by atoms with E-state index in [4.69, 9.17) is 23.2 Å². The number of aryl methyl sites for hydroxylation is 1. The van der Waals surface area contributed by atoms with Gasteiger partial charge in [-0.1, -0.05) is 11.6 Å². The minimum absolute atomic E-state index is 0.136. The number of carbonyl (C=O) groups excluding carboxylic acids is 1. The van der Waals surface area contributed by atoms with Crippen molar-refractivity contribution in [3.05, 3.63) is 81.8 Å². The summed E-state index contributed by atoms with van der Waals surface area (Å²) in [6.07, 6.45) is 2.66. The van der Waals surface area contributed by atoms with Crippen LogP contribution in [0.5, 0.6) is 0 Å². The summed E-state index contributed by atoms with van der Waals surface area (Å²) in [7, 11) is 1.80. The summed E-state index contributed by atoms with van der Waals surface area (Å²) in [5.41, 5.74) is 9.64. The maximum Gasteiger partial charge on any atom is 0.263 e. The number of benzene rings is 2. The molecule has 0 saturated carbocycles. The van der Waals surface area contributed by atoms with Gasteiger partial charge in [0.2, 0.25) is 0 Å². The van der Waals surface area contributed by atoms with Crippen LogP contribution in [-0.2, 0) is 13.6 Å². The zero-order valence-corrected chi connectivity index (χ0v) is 21.5. The van der Waals surface area contributed by atoms with Crippen molar-refractivity contribution in [1.82, 2.24) is 14.7 Å². The number of nitrogens with zero attached hydrogens (tertiary/aromatic N) is 4. The second-order valence-electron chi connectivity index (χ2n) is 9.13. The summed E-state index contributed by atoms with van der Waals surface area (Å²) in [4.78, 5) is 15.3. The van der Waals surface area contributed by atoms with Gasteiger partial charge in [0.1, 0.15) is 0 Å². The van der Waals surface area contributed by atoms with Gasteiger partial charge >= 0.3 is 0 Å². The second-order valence-corrected chi connectivity index (χ2v) is 9.53. The third-order valence-corrected chi connectivity index (χ3v) is 6.76. The molecule has 2 heterocycles. The van der Waals surface area contributed by atoms with E-state index in [1.165, 1.54) is 35.5 Å². The van der Waals surface area contributed by atoms with Crippen LogP contribution in [0.25, 0.3) is 5.70 Å². The zero-order valence-electron chi connectivity index (χ0n) is 20.7. The lowest BCUT2D eigenvalue weighted by molar-refractivity contribution is 0.102. The summed E-state index contributed by atoms with van der Waals surface area (Å²) >= 11 is 6.35. The van der Waals surface area contributed by atoms with Gasteiger partial charge in [-0.05, 0) is 74.8 Å². The maximum absolute atomic E-state index is 13.6. The van der Waals surface area contributed by atoms with Crippen LogP contribution < -0.4 is 21.9 Å². The summed E-state index contributed by atoms with van der Waals surface area (Å²) < 4.78 is 28.8. The number of amides is 1. The number of rotatable bonds is 8. The van der Waals surface area contributed by atoms with E-state index in [1.807, 2.05) is 6.92 Å². The van der Waals surface area contributed by atoms with Crippen molar-refractivity contribution in [2.45, 2.75) is 32.7 Å². The number of hydrogen-bond donors (Lipinski definition) is 3. The van der Waals surface area contributed by atoms with Crippen LogP contribution >= 0.6 is 11.6 Å². The van der Waals surface area contributed by atoms with Crippen LogP contribution in [0.2, 0.25) is 5.02 Å². The van der Waals surface area contributed by atoms with Crippen LogP contribution in [-0.4, -0.2) is 33.7 Å². The molecule has 1 saturated heterocycles. The highest BCUT2D eigenvalue weighted by Gasteiger charge is 2.18. The van der Waals surface area contributed by atoms with E-state index in [9.17, 15) is 13.6 Å². The minimum atomic E-state index is -2.65. The van der Waals surface area contributed by atoms with Gasteiger partial charge in [0.05, 0.1) is 22.6 Å². The van der Waals surface area contributed by atoms with Crippen molar-refractivity contribution < 1.29 is 13.6 Å². The minimum Gasteiger partial charge on any atom is -0.397 e. The number of alkyl halides is 2. The summed E-state index contributed by atoms with van der Waals surface area (Å²) in [6, 6.07) is 9.11. The molecule has 1 aliphatic rings. The van der Waals surface area contributed by atoms with Gasteiger partial charge in [0, 0.05) is 47.9 Å². The number of carbonyl (C=O) groups is 1. The predicted molar refractivity (Wildman–Crippen MR) is 142 cm³/mol. The molecule has 5 N–H and O–H groups in total.